The van der Waals surface area contributed by atoms with E-state index < -0.39 is 18.2 Å². The monoisotopic (exact) mass is 269 g/mol. The average Bonchev–Trinajstić information content (AvgIpc) is 2.35. The second-order valence-electron chi connectivity index (χ2n) is 4.16. The van der Waals surface area contributed by atoms with Gasteiger partial charge < -0.3 is 26.4 Å². The predicted molar refractivity (Wildman–Crippen MR) is 70.0 cm³/mol. The van der Waals surface area contributed by atoms with Crippen LogP contribution in [0.25, 0.3) is 0 Å². The van der Waals surface area contributed by atoms with Gasteiger partial charge in [-0.25, -0.2) is 4.98 Å². The van der Waals surface area contributed by atoms with Crippen LogP contribution in [0.2, 0.25) is 0 Å². The fraction of sp³-hybridized carbons (Fsp3) is 0.500. The summed E-state index contributed by atoms with van der Waals surface area (Å²) < 4.78 is 4.70. The van der Waals surface area contributed by atoms with Crippen molar-refractivity contribution in [1.82, 2.24) is 4.98 Å². The van der Waals surface area contributed by atoms with Crippen molar-refractivity contribution in [2.24, 2.45) is 0 Å². The van der Waals surface area contributed by atoms with Crippen LogP contribution >= 0.6 is 0 Å². The van der Waals surface area contributed by atoms with Gasteiger partial charge in [-0.05, 0) is 19.4 Å². The second kappa shape index (κ2) is 6.35. The summed E-state index contributed by atoms with van der Waals surface area (Å²) in [6, 6.07) is 0. The van der Waals surface area contributed by atoms with Crippen molar-refractivity contribution in [3.05, 3.63) is 17.3 Å². The van der Waals surface area contributed by atoms with Gasteiger partial charge in [0.25, 0.3) is 0 Å². The van der Waals surface area contributed by atoms with E-state index in [9.17, 15) is 15.0 Å². The van der Waals surface area contributed by atoms with E-state index in [4.69, 9.17) is 16.2 Å². The number of aromatic nitrogens is 1. The first-order valence-corrected chi connectivity index (χ1v) is 5.90. The second-order valence-corrected chi connectivity index (χ2v) is 4.16. The fourth-order valence-corrected chi connectivity index (χ4v) is 1.66. The Morgan fingerprint density at radius 1 is 1.47 bits per heavy atom. The molecule has 106 valence electrons. The zero-order valence-corrected chi connectivity index (χ0v) is 11.0. The van der Waals surface area contributed by atoms with Crippen LogP contribution in [0.5, 0.6) is 0 Å². The minimum atomic E-state index is -1.29. The van der Waals surface area contributed by atoms with Crippen LogP contribution in [0, 0.1) is 6.92 Å². The molecule has 0 bridgehead atoms. The molecule has 0 aliphatic carbocycles. The molecule has 2 atom stereocenters. The lowest BCUT2D eigenvalue weighted by atomic mass is 9.99. The normalized spacial score (nSPS) is 13.9. The molecule has 7 nitrogen and oxygen atoms in total. The summed E-state index contributed by atoms with van der Waals surface area (Å²) in [5, 5.41) is 19.8. The van der Waals surface area contributed by atoms with Crippen molar-refractivity contribution in [3.8, 4) is 0 Å². The number of pyridine rings is 1. The van der Waals surface area contributed by atoms with E-state index >= 15 is 0 Å². The van der Waals surface area contributed by atoms with Crippen LogP contribution < -0.4 is 11.5 Å². The third kappa shape index (κ3) is 3.55. The molecule has 1 aromatic rings. The maximum atomic E-state index is 11.2. The fourth-order valence-electron chi connectivity index (χ4n) is 1.66. The van der Waals surface area contributed by atoms with E-state index in [2.05, 4.69) is 4.98 Å². The van der Waals surface area contributed by atoms with E-state index in [-0.39, 0.29) is 24.5 Å². The summed E-state index contributed by atoms with van der Waals surface area (Å²) in [7, 11) is 0. The van der Waals surface area contributed by atoms with E-state index in [0.29, 0.717) is 11.1 Å². The number of nitrogen functional groups attached to an aromatic ring is 2. The highest BCUT2D eigenvalue weighted by Gasteiger charge is 2.24. The molecule has 0 aliphatic rings. The SMILES string of the molecule is CCOC(=O)CC(O)C(O)c1cnc(N)c(N)c1C. The highest BCUT2D eigenvalue weighted by atomic mass is 16.5. The van der Waals surface area contributed by atoms with E-state index in [1.54, 1.807) is 13.8 Å². The molecule has 1 heterocycles. The molecule has 0 aromatic carbocycles. The van der Waals surface area contributed by atoms with Crippen molar-refractivity contribution in [1.29, 1.82) is 0 Å². The molecule has 0 spiro atoms. The molecule has 1 aromatic heterocycles. The van der Waals surface area contributed by atoms with Crippen molar-refractivity contribution >= 4 is 17.5 Å². The van der Waals surface area contributed by atoms with Gasteiger partial charge in [-0.1, -0.05) is 0 Å². The number of aliphatic hydroxyl groups excluding tert-OH is 2. The Balaban J connectivity index is 2.85. The first-order valence-electron chi connectivity index (χ1n) is 5.90. The first kappa shape index (κ1) is 15.2. The standard InChI is InChI=1S/C12H19N3O4/c1-3-19-9(17)4-8(16)11(18)7-5-15-12(14)10(13)6(7)2/h5,8,11,16,18H,3-4,13H2,1-2H3,(H2,14,15). The number of nitrogens with zero attached hydrogens (tertiary/aromatic N) is 1. The van der Waals surface area contributed by atoms with Crippen molar-refractivity contribution in [2.75, 3.05) is 18.1 Å². The number of carbonyl (C=O) groups excluding carboxylic acids is 1. The van der Waals surface area contributed by atoms with Crippen molar-refractivity contribution < 1.29 is 19.7 Å². The predicted octanol–water partition coefficient (Wildman–Crippen LogP) is -0.0981. The van der Waals surface area contributed by atoms with Gasteiger partial charge in [-0.3, -0.25) is 4.79 Å². The summed E-state index contributed by atoms with van der Waals surface area (Å²) in [6.45, 7) is 3.54. The molecular weight excluding hydrogens is 250 g/mol. The lowest BCUT2D eigenvalue weighted by Crippen LogP contribution is -2.24. The van der Waals surface area contributed by atoms with Gasteiger partial charge in [0.2, 0.25) is 0 Å². The Morgan fingerprint density at radius 3 is 2.68 bits per heavy atom. The topological polar surface area (TPSA) is 132 Å². The highest BCUT2D eigenvalue weighted by Crippen LogP contribution is 2.27. The lowest BCUT2D eigenvalue weighted by Gasteiger charge is -2.20. The minimum Gasteiger partial charge on any atom is -0.466 e. The molecule has 0 amide bonds. The number of carbonyl (C=O) groups is 1. The number of hydrogen-bond acceptors (Lipinski definition) is 7. The van der Waals surface area contributed by atoms with Crippen molar-refractivity contribution in [3.63, 3.8) is 0 Å². The number of esters is 1. The third-order valence-electron chi connectivity index (χ3n) is 2.82. The van der Waals surface area contributed by atoms with E-state index in [1.165, 1.54) is 6.20 Å². The Bertz CT molecular complexity index is 465. The van der Waals surface area contributed by atoms with Crippen LogP contribution in [0.3, 0.4) is 0 Å². The summed E-state index contributed by atoms with van der Waals surface area (Å²) in [5.41, 5.74) is 12.3. The van der Waals surface area contributed by atoms with E-state index in [1.807, 2.05) is 0 Å². The summed E-state index contributed by atoms with van der Waals surface area (Å²) >= 11 is 0. The summed E-state index contributed by atoms with van der Waals surface area (Å²) in [5.74, 6) is -0.420. The molecule has 0 fully saturated rings. The maximum Gasteiger partial charge on any atom is 0.308 e. The molecule has 0 radical (unpaired) electrons. The molecule has 0 aliphatic heterocycles. The van der Waals surface area contributed by atoms with Gasteiger partial charge in [0.05, 0.1) is 24.8 Å². The van der Waals surface area contributed by atoms with Crippen LogP contribution in [0.15, 0.2) is 6.20 Å². The molecule has 2 unspecified atom stereocenters. The zero-order valence-electron chi connectivity index (χ0n) is 11.0. The van der Waals surface area contributed by atoms with Gasteiger partial charge in [-0.2, -0.15) is 0 Å². The summed E-state index contributed by atoms with van der Waals surface area (Å²) in [4.78, 5) is 15.1. The molecule has 6 N–H and O–H groups in total. The van der Waals surface area contributed by atoms with Crippen LogP contribution in [0.4, 0.5) is 11.5 Å². The highest BCUT2D eigenvalue weighted by molar-refractivity contribution is 5.70. The van der Waals surface area contributed by atoms with Crippen LogP contribution in [-0.4, -0.2) is 33.9 Å². The smallest absolute Gasteiger partial charge is 0.308 e. The Hall–Kier alpha value is -1.86. The van der Waals surface area contributed by atoms with Crippen LogP contribution in [-0.2, 0) is 9.53 Å². The largest absolute Gasteiger partial charge is 0.466 e. The number of hydrogen-bond donors (Lipinski definition) is 4. The maximum absolute atomic E-state index is 11.2. The van der Waals surface area contributed by atoms with Gasteiger partial charge in [0.15, 0.2) is 0 Å². The molecule has 0 saturated heterocycles. The Labute approximate surface area is 111 Å². The number of anilines is 2. The Morgan fingerprint density at radius 2 is 2.11 bits per heavy atom. The van der Waals surface area contributed by atoms with Gasteiger partial charge in [0.1, 0.15) is 11.9 Å². The Kier molecular flexibility index (Phi) is 5.08. The number of aliphatic hydroxyl groups is 2. The number of rotatable bonds is 5. The molecule has 1 rings (SSSR count). The lowest BCUT2D eigenvalue weighted by molar-refractivity contribution is -0.147. The van der Waals surface area contributed by atoms with Gasteiger partial charge in [0, 0.05) is 11.8 Å². The number of ether oxygens (including phenoxy) is 1. The van der Waals surface area contributed by atoms with E-state index in [0.717, 1.165) is 0 Å². The number of nitrogens with two attached hydrogens (primary N) is 2. The zero-order chi connectivity index (χ0) is 14.6. The minimum absolute atomic E-state index is 0.160. The average molecular weight is 269 g/mol. The van der Waals surface area contributed by atoms with Crippen LogP contribution in [0.1, 0.15) is 30.6 Å². The first-order chi connectivity index (χ1) is 8.88. The molecule has 0 saturated carbocycles. The molecule has 7 heteroatoms. The molecular formula is C12H19N3O4. The van der Waals surface area contributed by atoms with Gasteiger partial charge >= 0.3 is 5.97 Å². The third-order valence-corrected chi connectivity index (χ3v) is 2.82. The summed E-state index contributed by atoms with van der Waals surface area (Å²) in [6.07, 6.45) is -1.54. The molecule has 19 heavy (non-hydrogen) atoms. The van der Waals surface area contributed by atoms with Crippen molar-refractivity contribution in [2.45, 2.75) is 32.5 Å². The quantitative estimate of drug-likeness (QED) is 0.549. The van der Waals surface area contributed by atoms with Gasteiger partial charge in [-0.15, -0.1) is 0 Å².